The van der Waals surface area contributed by atoms with E-state index in [1.165, 1.54) is 12.7 Å². The van der Waals surface area contributed by atoms with Gasteiger partial charge in [-0.2, -0.15) is 0 Å². The van der Waals surface area contributed by atoms with Gasteiger partial charge in [0.15, 0.2) is 11.9 Å². The van der Waals surface area contributed by atoms with E-state index in [4.69, 9.17) is 9.84 Å². The van der Waals surface area contributed by atoms with E-state index in [0.29, 0.717) is 11.2 Å². The number of aliphatic hydroxyl groups excluding tert-OH is 3. The first-order valence-corrected chi connectivity index (χ1v) is 6.90. The maximum atomic E-state index is 9.99. The second-order valence-electron chi connectivity index (χ2n) is 4.51. The molecule has 0 radical (unpaired) electrons. The Morgan fingerprint density at radius 2 is 2.05 bits per heavy atom. The zero-order valence-corrected chi connectivity index (χ0v) is 12.2. The minimum Gasteiger partial charge on any atom is -0.394 e. The van der Waals surface area contributed by atoms with Crippen molar-refractivity contribution in [3.05, 3.63) is 12.7 Å². The van der Waals surface area contributed by atoms with Crippen molar-refractivity contribution in [2.75, 3.05) is 6.61 Å². The van der Waals surface area contributed by atoms with Crippen LogP contribution >= 0.6 is 0 Å². The maximum absolute atomic E-state index is 9.99. The van der Waals surface area contributed by atoms with E-state index in [1.54, 1.807) is 4.57 Å². The molecule has 1 fully saturated rings. The molecule has 3 N–H and O–H groups in total. The molecule has 0 amide bonds. The van der Waals surface area contributed by atoms with Gasteiger partial charge in [-0.3, -0.25) is 4.57 Å². The highest BCUT2D eigenvalue weighted by atomic mass is 28.1. The number of fused-ring (bicyclic) bond motifs is 1. The Morgan fingerprint density at radius 3 is 2.74 bits per heavy atom. The number of imidazole rings is 1. The lowest BCUT2D eigenvalue weighted by atomic mass is 10.1. The second-order valence-corrected chi connectivity index (χ2v) is 5.46. The third kappa shape index (κ3) is 1.86. The molecule has 1 aliphatic rings. The minimum atomic E-state index is -1.14. The highest BCUT2D eigenvalue weighted by Gasteiger charge is 2.43. The predicted octanol–water partition coefficient (Wildman–Crippen LogP) is -3.57. The van der Waals surface area contributed by atoms with Crippen LogP contribution in [0.3, 0.4) is 0 Å². The van der Waals surface area contributed by atoms with Crippen LogP contribution in [0.5, 0.6) is 0 Å². The molecule has 2 aromatic heterocycles. The lowest BCUT2D eigenvalue weighted by Gasteiger charge is -2.16. The van der Waals surface area contributed by atoms with Gasteiger partial charge >= 0.3 is 0 Å². The van der Waals surface area contributed by atoms with Crippen LogP contribution in [-0.4, -0.2) is 70.0 Å². The fourth-order valence-corrected chi connectivity index (χ4v) is 2.73. The lowest BCUT2D eigenvalue weighted by Crippen LogP contribution is -2.33. The van der Waals surface area contributed by atoms with E-state index in [-0.39, 0.29) is 6.61 Å². The summed E-state index contributed by atoms with van der Waals surface area (Å²) in [6.45, 7) is -0.359. The van der Waals surface area contributed by atoms with Gasteiger partial charge in [0.1, 0.15) is 30.2 Å². The van der Waals surface area contributed by atoms with Gasteiger partial charge in [-0.1, -0.05) is 0 Å². The van der Waals surface area contributed by atoms with E-state index in [1.807, 2.05) is 0 Å². The summed E-state index contributed by atoms with van der Waals surface area (Å²) in [7, 11) is 0.732. The molecule has 3 heterocycles. The summed E-state index contributed by atoms with van der Waals surface area (Å²) in [6.07, 6.45) is -0.958. The second kappa shape index (κ2) is 4.61. The molecule has 3 rings (SSSR count). The van der Waals surface area contributed by atoms with Gasteiger partial charge in [0.05, 0.1) is 23.2 Å². The number of ether oxygens (including phenoxy) is 1. The summed E-state index contributed by atoms with van der Waals surface area (Å²) in [5.41, 5.74) is 1.22. The van der Waals surface area contributed by atoms with Crippen molar-refractivity contribution in [2.24, 2.45) is 0 Å². The van der Waals surface area contributed by atoms with Crippen LogP contribution in [-0.2, 0) is 4.74 Å². The number of rotatable bonds is 2. The summed E-state index contributed by atoms with van der Waals surface area (Å²) >= 11 is 0. The van der Waals surface area contributed by atoms with Gasteiger partial charge in [0.25, 0.3) is 0 Å². The van der Waals surface area contributed by atoms with Gasteiger partial charge < -0.3 is 20.1 Å². The first-order chi connectivity index (χ1) is 9.13. The zero-order chi connectivity index (χ0) is 13.6. The van der Waals surface area contributed by atoms with Gasteiger partial charge in [0.2, 0.25) is 0 Å². The number of aromatic nitrogens is 4. The van der Waals surface area contributed by atoms with E-state index in [2.05, 4.69) is 15.0 Å². The molecule has 1 aliphatic heterocycles. The molecule has 4 atom stereocenters. The van der Waals surface area contributed by atoms with Crippen molar-refractivity contribution in [2.45, 2.75) is 24.5 Å². The lowest BCUT2D eigenvalue weighted by molar-refractivity contribution is -0.0511. The average molecular weight is 282 g/mol. The van der Waals surface area contributed by atoms with Crippen molar-refractivity contribution < 1.29 is 20.1 Å². The molecular weight excluding hydrogens is 268 g/mol. The van der Waals surface area contributed by atoms with Crippen LogP contribution in [0.25, 0.3) is 11.2 Å². The molecule has 0 spiro atoms. The largest absolute Gasteiger partial charge is 0.394 e. The van der Waals surface area contributed by atoms with Crippen molar-refractivity contribution >= 4 is 26.7 Å². The summed E-state index contributed by atoms with van der Waals surface area (Å²) in [5.74, 6) is 0. The summed E-state index contributed by atoms with van der Waals surface area (Å²) < 4.78 is 7.01. The number of hydrogen-bond acceptors (Lipinski definition) is 7. The Morgan fingerprint density at radius 1 is 1.26 bits per heavy atom. The van der Waals surface area contributed by atoms with Crippen molar-refractivity contribution in [3.63, 3.8) is 0 Å². The number of nitrogens with zero attached hydrogens (tertiary/aromatic N) is 4. The molecule has 102 valence electrons. The number of hydrogen-bond donors (Lipinski definition) is 3. The van der Waals surface area contributed by atoms with Gasteiger partial charge in [-0.15, -0.1) is 0 Å². The van der Waals surface area contributed by atoms with Crippen molar-refractivity contribution in [1.82, 2.24) is 19.5 Å². The molecule has 0 aromatic carbocycles. The average Bonchev–Trinajstić information content (AvgIpc) is 2.94. The Balaban J connectivity index is 2.04. The summed E-state index contributed by atoms with van der Waals surface area (Å²) in [6, 6.07) is 0. The molecule has 19 heavy (non-hydrogen) atoms. The monoisotopic (exact) mass is 282 g/mol. The standard InChI is InChI=1S/C10H14N4O4Si/c15-1-4-6(16)7(17)10(18-4)14-3-13-5-8(14)11-2-12-9(5)19/h2-4,6-7,10,15-17H,1H2,19H3/t4-,6-,7-,10-/m1/s1. The SMILES string of the molecule is OC[C@H]1O[C@@H](n2cnc3c([SiH3])ncnc32)[C@H](O)[C@@H]1O. The number of aliphatic hydroxyl groups is 3. The first-order valence-electron chi connectivity index (χ1n) is 5.90. The fraction of sp³-hybridized carbons (Fsp3) is 0.500. The van der Waals surface area contributed by atoms with Crippen LogP contribution in [0.15, 0.2) is 12.7 Å². The van der Waals surface area contributed by atoms with Crippen LogP contribution < -0.4 is 5.32 Å². The quantitative estimate of drug-likeness (QED) is 0.488. The minimum absolute atomic E-state index is 0.359. The van der Waals surface area contributed by atoms with Crippen molar-refractivity contribution in [1.29, 1.82) is 0 Å². The van der Waals surface area contributed by atoms with E-state index in [0.717, 1.165) is 15.6 Å². The molecule has 9 heteroatoms. The maximum Gasteiger partial charge on any atom is 0.165 e. The molecule has 1 saturated heterocycles. The summed E-state index contributed by atoms with van der Waals surface area (Å²) in [5, 5.41) is 29.7. The van der Waals surface area contributed by atoms with E-state index in [9.17, 15) is 10.2 Å². The first kappa shape index (κ1) is 12.6. The molecule has 0 bridgehead atoms. The smallest absolute Gasteiger partial charge is 0.165 e. The van der Waals surface area contributed by atoms with Crippen LogP contribution in [0.2, 0.25) is 0 Å². The highest BCUT2D eigenvalue weighted by molar-refractivity contribution is 6.36. The molecule has 0 unspecified atom stereocenters. The van der Waals surface area contributed by atoms with Gasteiger partial charge in [-0.05, 0) is 0 Å². The molecule has 0 aliphatic carbocycles. The highest BCUT2D eigenvalue weighted by Crippen LogP contribution is 2.30. The normalized spacial score (nSPS) is 31.3. The molecular formula is C10H14N4O4Si. The van der Waals surface area contributed by atoms with Gasteiger partial charge in [-0.25, -0.2) is 15.0 Å². The van der Waals surface area contributed by atoms with E-state index < -0.39 is 24.5 Å². The van der Waals surface area contributed by atoms with Gasteiger partial charge in [0, 0.05) is 5.32 Å². The van der Waals surface area contributed by atoms with Crippen LogP contribution in [0.1, 0.15) is 6.23 Å². The zero-order valence-electron chi connectivity index (χ0n) is 10.2. The fourth-order valence-electron chi connectivity index (χ4n) is 2.27. The van der Waals surface area contributed by atoms with Crippen LogP contribution in [0, 0.1) is 0 Å². The van der Waals surface area contributed by atoms with E-state index >= 15 is 0 Å². The third-order valence-electron chi connectivity index (χ3n) is 3.33. The topological polar surface area (TPSA) is 114 Å². The third-order valence-corrected chi connectivity index (χ3v) is 4.06. The molecule has 2 aromatic rings. The molecule has 0 saturated carbocycles. The molecule has 8 nitrogen and oxygen atoms in total. The summed E-state index contributed by atoms with van der Waals surface area (Å²) in [4.78, 5) is 12.4. The Bertz CT molecular complexity index is 606. The Hall–Kier alpha value is -1.39. The Labute approximate surface area is 111 Å². The predicted molar refractivity (Wildman–Crippen MR) is 67.9 cm³/mol. The Kier molecular flexibility index (Phi) is 3.07. The van der Waals surface area contributed by atoms with Crippen molar-refractivity contribution in [3.8, 4) is 0 Å². The van der Waals surface area contributed by atoms with Crippen LogP contribution in [0.4, 0.5) is 0 Å².